The number of allylic oxidation sites excluding steroid dienone is 3. The zero-order chi connectivity index (χ0) is 28.2. The maximum atomic E-state index is 12.8. The Bertz CT molecular complexity index is 912. The van der Waals surface area contributed by atoms with Crippen molar-refractivity contribution in [2.24, 2.45) is 11.8 Å². The molecule has 1 aliphatic carbocycles. The molecule has 4 atom stereocenters. The first kappa shape index (κ1) is 31.0. The van der Waals surface area contributed by atoms with E-state index >= 15 is 0 Å². The fourth-order valence-corrected chi connectivity index (χ4v) is 7.56. The number of unbranched alkanes of at least 4 members (excludes halogenated alkanes) is 1. The Kier molecular flexibility index (Phi) is 12.8. The highest BCUT2D eigenvalue weighted by molar-refractivity contribution is 8.00. The fourth-order valence-electron chi connectivity index (χ4n) is 5.78. The number of rotatable bonds is 9. The van der Waals surface area contributed by atoms with E-state index in [4.69, 9.17) is 24.1 Å². The van der Waals surface area contributed by atoms with Gasteiger partial charge < -0.3 is 29.0 Å². The Morgan fingerprint density at radius 3 is 2.75 bits per heavy atom. The fraction of sp³-hybridized carbons (Fsp3) is 0.710. The van der Waals surface area contributed by atoms with Gasteiger partial charge in [0.15, 0.2) is 23.6 Å². The van der Waals surface area contributed by atoms with Gasteiger partial charge in [0.25, 0.3) is 5.91 Å². The molecule has 0 bridgehead atoms. The van der Waals surface area contributed by atoms with E-state index in [0.717, 1.165) is 56.0 Å². The highest BCUT2D eigenvalue weighted by Crippen LogP contribution is 2.45. The van der Waals surface area contributed by atoms with Crippen LogP contribution in [0.15, 0.2) is 48.2 Å². The number of hydrogen-bond acceptors (Lipinski definition) is 8. The topological polar surface area (TPSA) is 80.7 Å². The third-order valence-electron chi connectivity index (χ3n) is 8.24. The number of piperazine rings is 1. The van der Waals surface area contributed by atoms with Crippen molar-refractivity contribution in [3.05, 3.63) is 48.2 Å². The minimum atomic E-state index is -0.376. The first-order valence-corrected chi connectivity index (χ1v) is 16.1. The second-order valence-corrected chi connectivity index (χ2v) is 12.4. The van der Waals surface area contributed by atoms with Gasteiger partial charge in [-0.15, -0.1) is 0 Å². The summed E-state index contributed by atoms with van der Waals surface area (Å²) in [5.74, 6) is 5.12. The smallest absolute Gasteiger partial charge is 0.288 e. The van der Waals surface area contributed by atoms with Crippen LogP contribution in [0.1, 0.15) is 58.3 Å². The van der Waals surface area contributed by atoms with Crippen LogP contribution in [-0.2, 0) is 23.7 Å². The molecule has 2 unspecified atom stereocenters. The van der Waals surface area contributed by atoms with Crippen LogP contribution >= 0.6 is 11.8 Å². The van der Waals surface area contributed by atoms with E-state index in [1.165, 1.54) is 31.4 Å². The summed E-state index contributed by atoms with van der Waals surface area (Å²) in [6.45, 7) is 10.9. The number of aliphatic hydroxyl groups is 1. The summed E-state index contributed by atoms with van der Waals surface area (Å²) < 4.78 is 21.9. The van der Waals surface area contributed by atoms with Crippen LogP contribution in [0.5, 0.6) is 0 Å². The third kappa shape index (κ3) is 9.29. The lowest BCUT2D eigenvalue weighted by atomic mass is 9.82. The summed E-state index contributed by atoms with van der Waals surface area (Å²) in [6, 6.07) is 0. The van der Waals surface area contributed by atoms with Gasteiger partial charge in [0.1, 0.15) is 0 Å². The number of fused-ring (bicyclic) bond motifs is 1. The predicted molar refractivity (Wildman–Crippen MR) is 158 cm³/mol. The first-order valence-electron chi connectivity index (χ1n) is 15.1. The van der Waals surface area contributed by atoms with Crippen molar-refractivity contribution >= 4 is 17.7 Å². The van der Waals surface area contributed by atoms with Gasteiger partial charge in [-0.2, -0.15) is 11.8 Å². The van der Waals surface area contributed by atoms with Gasteiger partial charge in [-0.1, -0.05) is 38.5 Å². The molecule has 3 saturated heterocycles. The van der Waals surface area contributed by atoms with Crippen molar-refractivity contribution in [1.29, 1.82) is 0 Å². The number of ether oxygens (including phenoxy) is 4. The number of amides is 1. The SMILES string of the molecule is C=C1OCO/C1=C/C=C/CN1CCN(C(=O)C2=CCC[C@@H](OCCCCO)O2)CC1.C[C@@H]1CSC2CCCCC21. The maximum absolute atomic E-state index is 12.8. The van der Waals surface area contributed by atoms with E-state index in [0.29, 0.717) is 43.4 Å². The summed E-state index contributed by atoms with van der Waals surface area (Å²) in [5, 5.41) is 9.89. The number of aliphatic hydroxyl groups excluding tert-OH is 1. The zero-order valence-corrected chi connectivity index (χ0v) is 25.0. The van der Waals surface area contributed by atoms with Gasteiger partial charge in [0, 0.05) is 51.0 Å². The first-order chi connectivity index (χ1) is 19.5. The molecule has 40 heavy (non-hydrogen) atoms. The third-order valence-corrected chi connectivity index (χ3v) is 9.98. The van der Waals surface area contributed by atoms with Gasteiger partial charge in [-0.25, -0.2) is 0 Å². The molecular weight excluding hydrogens is 528 g/mol. The van der Waals surface area contributed by atoms with Crippen LogP contribution in [0.25, 0.3) is 0 Å². The van der Waals surface area contributed by atoms with Gasteiger partial charge in [0.05, 0.1) is 6.61 Å². The number of thioether (sulfide) groups is 1. The number of carbonyl (C=O) groups is 1. The molecular formula is C31H48N2O6S. The molecule has 1 N–H and O–H groups in total. The largest absolute Gasteiger partial charge is 0.459 e. The van der Waals surface area contributed by atoms with Crippen LogP contribution in [0, 0.1) is 11.8 Å². The molecule has 0 radical (unpaired) electrons. The summed E-state index contributed by atoms with van der Waals surface area (Å²) in [5.41, 5.74) is 0. The summed E-state index contributed by atoms with van der Waals surface area (Å²) in [7, 11) is 0. The molecule has 5 aliphatic rings. The minimum Gasteiger partial charge on any atom is -0.459 e. The standard InChI is InChI=1S/C22H32N2O6.C9H16S/c1-18-19(29-17-28-18)7-2-3-10-23-11-13-24(14-12-23)22(26)20-8-6-9-21(30-20)27-16-5-4-15-25;1-7-6-10-9-5-3-2-4-8(7)9/h2-3,7-8,21,25H,1,4-6,9-17H2;7-9H,2-6H2,1H3/b3-2+,19-7+;/t21-;7-,8?,9?/m01/s1. The molecule has 1 saturated carbocycles. The summed E-state index contributed by atoms with van der Waals surface area (Å²) in [4.78, 5) is 16.9. The van der Waals surface area contributed by atoms with Crippen LogP contribution < -0.4 is 0 Å². The lowest BCUT2D eigenvalue weighted by Gasteiger charge is -2.35. The van der Waals surface area contributed by atoms with Crippen molar-refractivity contribution in [3.63, 3.8) is 0 Å². The average Bonchev–Trinajstić information content (AvgIpc) is 3.58. The molecule has 0 aromatic carbocycles. The molecule has 0 aromatic rings. The Labute approximate surface area is 244 Å². The molecule has 4 heterocycles. The molecule has 8 nitrogen and oxygen atoms in total. The van der Waals surface area contributed by atoms with Crippen LogP contribution in [0.4, 0.5) is 0 Å². The Balaban J connectivity index is 0.000000307. The van der Waals surface area contributed by atoms with Crippen molar-refractivity contribution in [2.75, 3.05) is 58.5 Å². The maximum Gasteiger partial charge on any atom is 0.288 e. The summed E-state index contributed by atoms with van der Waals surface area (Å²) in [6.07, 6.45) is 16.4. The van der Waals surface area contributed by atoms with Gasteiger partial charge in [-0.3, -0.25) is 9.69 Å². The van der Waals surface area contributed by atoms with E-state index in [1.807, 2.05) is 23.1 Å². The second-order valence-electron chi connectivity index (χ2n) is 11.2. The zero-order valence-electron chi connectivity index (χ0n) is 24.1. The monoisotopic (exact) mass is 576 g/mol. The van der Waals surface area contributed by atoms with Crippen LogP contribution in [-0.4, -0.2) is 90.8 Å². The molecule has 4 fully saturated rings. The van der Waals surface area contributed by atoms with E-state index in [2.05, 4.69) is 36.2 Å². The molecule has 4 aliphatic heterocycles. The van der Waals surface area contributed by atoms with E-state index in [9.17, 15) is 4.79 Å². The minimum absolute atomic E-state index is 0.0597. The normalized spacial score (nSPS) is 29.8. The number of hydrogen-bond donors (Lipinski definition) is 1. The number of carbonyl (C=O) groups excluding carboxylic acids is 1. The van der Waals surface area contributed by atoms with Crippen molar-refractivity contribution in [1.82, 2.24) is 9.80 Å². The van der Waals surface area contributed by atoms with Crippen molar-refractivity contribution < 1.29 is 28.8 Å². The average molecular weight is 577 g/mol. The molecule has 1 amide bonds. The quantitative estimate of drug-likeness (QED) is 0.391. The van der Waals surface area contributed by atoms with E-state index in [1.54, 1.807) is 0 Å². The Hall–Kier alpha value is -1.94. The molecule has 5 rings (SSSR count). The predicted octanol–water partition coefficient (Wildman–Crippen LogP) is 4.83. The van der Waals surface area contributed by atoms with Gasteiger partial charge in [0.2, 0.25) is 6.79 Å². The van der Waals surface area contributed by atoms with Crippen LogP contribution in [0.3, 0.4) is 0 Å². The molecule has 0 spiro atoms. The van der Waals surface area contributed by atoms with Gasteiger partial charge >= 0.3 is 0 Å². The van der Waals surface area contributed by atoms with E-state index < -0.39 is 0 Å². The summed E-state index contributed by atoms with van der Waals surface area (Å²) >= 11 is 2.23. The molecule has 224 valence electrons. The van der Waals surface area contributed by atoms with Crippen molar-refractivity contribution in [3.8, 4) is 0 Å². The Morgan fingerprint density at radius 1 is 1.18 bits per heavy atom. The van der Waals surface area contributed by atoms with Crippen molar-refractivity contribution in [2.45, 2.75) is 69.8 Å². The van der Waals surface area contributed by atoms with E-state index in [-0.39, 0.29) is 25.6 Å². The Morgan fingerprint density at radius 2 is 2.00 bits per heavy atom. The van der Waals surface area contributed by atoms with Gasteiger partial charge in [-0.05, 0) is 61.8 Å². The number of nitrogens with zero attached hydrogens (tertiary/aromatic N) is 2. The van der Waals surface area contributed by atoms with Crippen LogP contribution in [0.2, 0.25) is 0 Å². The second kappa shape index (κ2) is 16.5. The lowest BCUT2D eigenvalue weighted by molar-refractivity contribution is -0.152. The lowest BCUT2D eigenvalue weighted by Crippen LogP contribution is -2.49. The highest BCUT2D eigenvalue weighted by atomic mass is 32.2. The highest BCUT2D eigenvalue weighted by Gasteiger charge is 2.35. The molecule has 9 heteroatoms. The molecule has 0 aromatic heterocycles.